The van der Waals surface area contributed by atoms with Crippen LogP contribution in [0.2, 0.25) is 0 Å². The number of ether oxygens (including phenoxy) is 1. The van der Waals surface area contributed by atoms with E-state index in [0.29, 0.717) is 6.42 Å². The molecule has 1 N–H and O–H groups in total. The second kappa shape index (κ2) is 8.23. The van der Waals surface area contributed by atoms with Crippen LogP contribution in [0.25, 0.3) is 21.8 Å². The molecule has 30 heavy (non-hydrogen) atoms. The van der Waals surface area contributed by atoms with Gasteiger partial charge in [0.1, 0.15) is 5.75 Å². The van der Waals surface area contributed by atoms with Crippen molar-refractivity contribution in [2.75, 3.05) is 5.32 Å². The molecule has 0 fully saturated rings. The van der Waals surface area contributed by atoms with Crippen molar-refractivity contribution in [2.45, 2.75) is 46.8 Å². The molecule has 0 aliphatic heterocycles. The van der Waals surface area contributed by atoms with Crippen molar-refractivity contribution in [1.29, 1.82) is 0 Å². The maximum absolute atomic E-state index is 12.9. The van der Waals surface area contributed by atoms with Crippen molar-refractivity contribution in [2.24, 2.45) is 0 Å². The SMILES string of the molecule is CCC(Oc1ccc(C)c(C)c1)C(=O)Nc1ccc2c(c1)c1ccccc1n2CC. The van der Waals surface area contributed by atoms with Crippen LogP contribution in [0.3, 0.4) is 0 Å². The Balaban J connectivity index is 1.60. The standard InChI is InChI=1S/C26H28N2O2/c1-5-25(30-20-13-11-17(3)18(4)15-20)26(29)27-19-12-14-24-22(16-19)21-9-7-8-10-23(21)28(24)6-2/h7-16,25H,5-6H2,1-4H3,(H,27,29). The molecule has 0 saturated heterocycles. The van der Waals surface area contributed by atoms with Gasteiger partial charge in [0.25, 0.3) is 5.91 Å². The number of amides is 1. The Hall–Kier alpha value is -3.27. The smallest absolute Gasteiger partial charge is 0.265 e. The van der Waals surface area contributed by atoms with Gasteiger partial charge < -0.3 is 14.6 Å². The Morgan fingerprint density at radius 2 is 1.70 bits per heavy atom. The number of aryl methyl sites for hydroxylation is 3. The van der Waals surface area contributed by atoms with Crippen LogP contribution in [0.1, 0.15) is 31.4 Å². The van der Waals surface area contributed by atoms with Crippen LogP contribution >= 0.6 is 0 Å². The van der Waals surface area contributed by atoms with E-state index in [-0.39, 0.29) is 5.91 Å². The molecule has 1 unspecified atom stereocenters. The van der Waals surface area contributed by atoms with Crippen molar-refractivity contribution in [1.82, 2.24) is 4.57 Å². The Bertz CT molecular complexity index is 1220. The maximum Gasteiger partial charge on any atom is 0.265 e. The van der Waals surface area contributed by atoms with Crippen LogP contribution in [0.15, 0.2) is 60.7 Å². The van der Waals surface area contributed by atoms with Gasteiger partial charge in [-0.05, 0) is 74.7 Å². The normalized spacial score (nSPS) is 12.3. The maximum atomic E-state index is 12.9. The predicted molar refractivity (Wildman–Crippen MR) is 124 cm³/mol. The molecule has 4 nitrogen and oxygen atoms in total. The molecule has 0 aliphatic carbocycles. The van der Waals surface area contributed by atoms with E-state index >= 15 is 0 Å². The van der Waals surface area contributed by atoms with Crippen LogP contribution < -0.4 is 10.1 Å². The number of anilines is 1. The molecule has 1 amide bonds. The largest absolute Gasteiger partial charge is 0.481 e. The Morgan fingerprint density at radius 3 is 2.43 bits per heavy atom. The number of carbonyl (C=O) groups is 1. The quantitative estimate of drug-likeness (QED) is 0.417. The van der Waals surface area contributed by atoms with Gasteiger partial charge in [0.2, 0.25) is 0 Å². The average Bonchev–Trinajstić information content (AvgIpc) is 3.07. The minimum Gasteiger partial charge on any atom is -0.481 e. The van der Waals surface area contributed by atoms with Gasteiger partial charge in [-0.1, -0.05) is 31.2 Å². The van der Waals surface area contributed by atoms with Gasteiger partial charge in [-0.15, -0.1) is 0 Å². The molecule has 154 valence electrons. The van der Waals surface area contributed by atoms with E-state index in [1.165, 1.54) is 22.0 Å². The number of benzene rings is 3. The fourth-order valence-corrected chi connectivity index (χ4v) is 3.97. The lowest BCUT2D eigenvalue weighted by molar-refractivity contribution is -0.122. The minimum absolute atomic E-state index is 0.130. The number of rotatable bonds is 6. The van der Waals surface area contributed by atoms with Gasteiger partial charge in [-0.25, -0.2) is 0 Å². The highest BCUT2D eigenvalue weighted by molar-refractivity contribution is 6.10. The van der Waals surface area contributed by atoms with E-state index in [1.54, 1.807) is 0 Å². The lowest BCUT2D eigenvalue weighted by Crippen LogP contribution is -2.32. The molecular weight excluding hydrogens is 372 g/mol. The number of hydrogen-bond donors (Lipinski definition) is 1. The van der Waals surface area contributed by atoms with Crippen molar-refractivity contribution in [3.05, 3.63) is 71.8 Å². The van der Waals surface area contributed by atoms with Gasteiger partial charge in [0, 0.05) is 34.0 Å². The van der Waals surface area contributed by atoms with Gasteiger partial charge in [-0.2, -0.15) is 0 Å². The first kappa shape index (κ1) is 20.0. The summed E-state index contributed by atoms with van der Waals surface area (Å²) >= 11 is 0. The third-order valence-electron chi connectivity index (χ3n) is 5.78. The summed E-state index contributed by atoms with van der Waals surface area (Å²) in [5, 5.41) is 5.39. The number of carbonyl (C=O) groups excluding carboxylic acids is 1. The zero-order valence-corrected chi connectivity index (χ0v) is 18.0. The van der Waals surface area contributed by atoms with E-state index in [9.17, 15) is 4.79 Å². The van der Waals surface area contributed by atoms with Crippen molar-refractivity contribution in [3.8, 4) is 5.75 Å². The zero-order chi connectivity index (χ0) is 21.3. The molecule has 0 spiro atoms. The highest BCUT2D eigenvalue weighted by Gasteiger charge is 2.19. The van der Waals surface area contributed by atoms with Gasteiger partial charge in [0.05, 0.1) is 0 Å². The summed E-state index contributed by atoms with van der Waals surface area (Å²) in [6.45, 7) is 9.12. The first-order valence-electron chi connectivity index (χ1n) is 10.6. The van der Waals surface area contributed by atoms with E-state index in [4.69, 9.17) is 4.74 Å². The molecule has 0 aliphatic rings. The number of nitrogens with zero attached hydrogens (tertiary/aromatic N) is 1. The minimum atomic E-state index is -0.542. The highest BCUT2D eigenvalue weighted by atomic mass is 16.5. The molecule has 0 bridgehead atoms. The summed E-state index contributed by atoms with van der Waals surface area (Å²) in [4.78, 5) is 12.9. The number of nitrogens with one attached hydrogen (secondary N) is 1. The molecule has 1 atom stereocenters. The number of para-hydroxylation sites is 1. The average molecular weight is 401 g/mol. The first-order valence-corrected chi connectivity index (χ1v) is 10.6. The van der Waals surface area contributed by atoms with Crippen LogP contribution in [0, 0.1) is 13.8 Å². The van der Waals surface area contributed by atoms with Crippen molar-refractivity contribution >= 4 is 33.4 Å². The number of hydrogen-bond acceptors (Lipinski definition) is 2. The van der Waals surface area contributed by atoms with Crippen LogP contribution in [0.5, 0.6) is 5.75 Å². The Morgan fingerprint density at radius 1 is 0.933 bits per heavy atom. The summed E-state index contributed by atoms with van der Waals surface area (Å²) in [6.07, 6.45) is 0.0515. The Labute approximate surface area is 177 Å². The summed E-state index contributed by atoms with van der Waals surface area (Å²) in [5.41, 5.74) is 5.53. The third kappa shape index (κ3) is 3.65. The highest BCUT2D eigenvalue weighted by Crippen LogP contribution is 2.31. The summed E-state index contributed by atoms with van der Waals surface area (Å²) in [6, 6.07) is 20.4. The fraction of sp³-hybridized carbons (Fsp3) is 0.269. The van der Waals surface area contributed by atoms with Crippen LogP contribution in [0.4, 0.5) is 5.69 Å². The molecule has 1 aromatic heterocycles. The van der Waals surface area contributed by atoms with E-state index in [2.05, 4.69) is 60.1 Å². The van der Waals surface area contributed by atoms with Crippen molar-refractivity contribution in [3.63, 3.8) is 0 Å². The molecule has 4 heteroatoms. The molecular formula is C26H28N2O2. The fourth-order valence-electron chi connectivity index (χ4n) is 3.97. The summed E-state index contributed by atoms with van der Waals surface area (Å²) < 4.78 is 8.30. The van der Waals surface area contributed by atoms with Crippen LogP contribution in [-0.2, 0) is 11.3 Å². The third-order valence-corrected chi connectivity index (χ3v) is 5.78. The lowest BCUT2D eigenvalue weighted by Gasteiger charge is -2.18. The van der Waals surface area contributed by atoms with E-state index in [0.717, 1.165) is 28.9 Å². The van der Waals surface area contributed by atoms with E-state index < -0.39 is 6.10 Å². The van der Waals surface area contributed by atoms with Crippen molar-refractivity contribution < 1.29 is 9.53 Å². The monoisotopic (exact) mass is 400 g/mol. The van der Waals surface area contributed by atoms with Gasteiger partial charge >= 0.3 is 0 Å². The van der Waals surface area contributed by atoms with E-state index in [1.807, 2.05) is 38.1 Å². The van der Waals surface area contributed by atoms with Crippen LogP contribution in [-0.4, -0.2) is 16.6 Å². The number of fused-ring (bicyclic) bond motifs is 3. The van der Waals surface area contributed by atoms with Gasteiger partial charge in [-0.3, -0.25) is 4.79 Å². The zero-order valence-electron chi connectivity index (χ0n) is 18.0. The summed E-state index contributed by atoms with van der Waals surface area (Å²) in [5.74, 6) is 0.593. The molecule has 4 aromatic rings. The molecule has 1 heterocycles. The molecule has 4 rings (SSSR count). The second-order valence-corrected chi connectivity index (χ2v) is 7.74. The Kier molecular flexibility index (Phi) is 5.49. The lowest BCUT2D eigenvalue weighted by atomic mass is 10.1. The molecule has 3 aromatic carbocycles. The topological polar surface area (TPSA) is 43.3 Å². The van der Waals surface area contributed by atoms with Gasteiger partial charge in [0.15, 0.2) is 6.10 Å². The second-order valence-electron chi connectivity index (χ2n) is 7.74. The summed E-state index contributed by atoms with van der Waals surface area (Å²) in [7, 11) is 0. The predicted octanol–water partition coefficient (Wildman–Crippen LogP) is 6.23. The number of aromatic nitrogens is 1. The molecule has 0 radical (unpaired) electrons. The first-order chi connectivity index (χ1) is 14.5. The molecule has 0 saturated carbocycles.